The Morgan fingerprint density at radius 1 is 1.20 bits per heavy atom. The van der Waals surface area contributed by atoms with E-state index in [1.807, 2.05) is 12.1 Å². The van der Waals surface area contributed by atoms with Crippen molar-refractivity contribution in [2.75, 3.05) is 6.54 Å². The van der Waals surface area contributed by atoms with Gasteiger partial charge in [-0.1, -0.05) is 29.8 Å². The molecule has 0 aliphatic carbocycles. The Morgan fingerprint density at radius 2 is 1.95 bits per heavy atom. The third-order valence-electron chi connectivity index (χ3n) is 3.06. The van der Waals surface area contributed by atoms with Gasteiger partial charge in [-0.25, -0.2) is 0 Å². The van der Waals surface area contributed by atoms with Gasteiger partial charge in [0.15, 0.2) is 0 Å². The van der Waals surface area contributed by atoms with Crippen molar-refractivity contribution in [3.8, 4) is 6.07 Å². The second-order valence-electron chi connectivity index (χ2n) is 4.68. The first kappa shape index (κ1) is 13.8. The van der Waals surface area contributed by atoms with Gasteiger partial charge in [-0.3, -0.25) is 4.79 Å². The van der Waals surface area contributed by atoms with E-state index in [0.717, 1.165) is 6.42 Å². The van der Waals surface area contributed by atoms with Gasteiger partial charge in [0, 0.05) is 12.1 Å². The number of carbonyl (C=O) groups is 1. The number of nitrogens with one attached hydrogen (secondary N) is 1. The van der Waals surface area contributed by atoms with Crippen molar-refractivity contribution in [3.63, 3.8) is 0 Å². The molecule has 0 unspecified atom stereocenters. The number of rotatable bonds is 4. The van der Waals surface area contributed by atoms with E-state index >= 15 is 0 Å². The number of hydrogen-bond donors (Lipinski definition) is 1. The van der Waals surface area contributed by atoms with Crippen LogP contribution in [0.3, 0.4) is 0 Å². The molecular weight excluding hydrogens is 248 g/mol. The van der Waals surface area contributed by atoms with Crippen LogP contribution in [0.4, 0.5) is 0 Å². The molecule has 0 heterocycles. The Bertz CT molecular complexity index is 639. The zero-order valence-corrected chi connectivity index (χ0v) is 11.4. The molecule has 20 heavy (non-hydrogen) atoms. The van der Waals surface area contributed by atoms with Crippen molar-refractivity contribution in [3.05, 3.63) is 70.8 Å². The Labute approximate surface area is 118 Å². The first-order chi connectivity index (χ1) is 9.69. The van der Waals surface area contributed by atoms with Gasteiger partial charge in [0.25, 0.3) is 5.91 Å². The van der Waals surface area contributed by atoms with Gasteiger partial charge in [-0.15, -0.1) is 0 Å². The maximum absolute atomic E-state index is 11.9. The fraction of sp³-hybridized carbons (Fsp3) is 0.176. The second kappa shape index (κ2) is 6.53. The van der Waals surface area contributed by atoms with E-state index in [1.54, 1.807) is 24.3 Å². The highest BCUT2D eigenvalue weighted by molar-refractivity contribution is 5.94. The van der Waals surface area contributed by atoms with E-state index in [-0.39, 0.29) is 5.91 Å². The van der Waals surface area contributed by atoms with E-state index in [2.05, 4.69) is 30.4 Å². The molecule has 2 aromatic rings. The molecule has 0 saturated carbocycles. The zero-order valence-electron chi connectivity index (χ0n) is 11.4. The molecule has 2 aromatic carbocycles. The summed E-state index contributed by atoms with van der Waals surface area (Å²) in [6.07, 6.45) is 0.809. The van der Waals surface area contributed by atoms with Gasteiger partial charge in [0.1, 0.15) is 0 Å². The predicted octanol–water partition coefficient (Wildman–Crippen LogP) is 2.84. The summed E-state index contributed by atoms with van der Waals surface area (Å²) in [7, 11) is 0. The minimum atomic E-state index is -0.109. The molecule has 2 rings (SSSR count). The van der Waals surface area contributed by atoms with E-state index < -0.39 is 0 Å². The van der Waals surface area contributed by atoms with E-state index in [1.165, 1.54) is 11.1 Å². The lowest BCUT2D eigenvalue weighted by atomic mass is 10.1. The third-order valence-corrected chi connectivity index (χ3v) is 3.06. The summed E-state index contributed by atoms with van der Waals surface area (Å²) < 4.78 is 0. The SMILES string of the molecule is Cc1cccc(CCNC(=O)c2ccc(C#N)cc2)c1. The Hall–Kier alpha value is -2.60. The van der Waals surface area contributed by atoms with Crippen LogP contribution in [0, 0.1) is 18.3 Å². The lowest BCUT2D eigenvalue weighted by Gasteiger charge is -2.06. The summed E-state index contributed by atoms with van der Waals surface area (Å²) in [4.78, 5) is 11.9. The van der Waals surface area contributed by atoms with Crippen LogP contribution in [-0.2, 0) is 6.42 Å². The first-order valence-corrected chi connectivity index (χ1v) is 6.53. The maximum atomic E-state index is 11.9. The second-order valence-corrected chi connectivity index (χ2v) is 4.68. The lowest BCUT2D eigenvalue weighted by Crippen LogP contribution is -2.25. The molecule has 1 N–H and O–H groups in total. The topological polar surface area (TPSA) is 52.9 Å². The number of nitrogens with zero attached hydrogens (tertiary/aromatic N) is 1. The lowest BCUT2D eigenvalue weighted by molar-refractivity contribution is 0.0954. The average Bonchev–Trinajstić information content (AvgIpc) is 2.47. The van der Waals surface area contributed by atoms with Gasteiger partial charge >= 0.3 is 0 Å². The van der Waals surface area contributed by atoms with Crippen LogP contribution in [0.2, 0.25) is 0 Å². The van der Waals surface area contributed by atoms with Crippen LogP contribution in [0.1, 0.15) is 27.0 Å². The smallest absolute Gasteiger partial charge is 0.251 e. The molecule has 3 nitrogen and oxygen atoms in total. The number of benzene rings is 2. The number of nitriles is 1. The summed E-state index contributed by atoms with van der Waals surface area (Å²) in [5, 5.41) is 11.6. The van der Waals surface area contributed by atoms with Gasteiger partial charge in [0.2, 0.25) is 0 Å². The Morgan fingerprint density at radius 3 is 2.60 bits per heavy atom. The fourth-order valence-corrected chi connectivity index (χ4v) is 1.99. The summed E-state index contributed by atoms with van der Waals surface area (Å²) in [5.74, 6) is -0.109. The van der Waals surface area contributed by atoms with Gasteiger partial charge in [-0.2, -0.15) is 5.26 Å². The first-order valence-electron chi connectivity index (χ1n) is 6.53. The third kappa shape index (κ3) is 3.69. The molecule has 3 heteroatoms. The molecule has 0 aliphatic rings. The summed E-state index contributed by atoms with van der Waals surface area (Å²) in [5.41, 5.74) is 3.57. The molecular formula is C17H16N2O. The Kier molecular flexibility index (Phi) is 4.52. The van der Waals surface area contributed by atoms with Crippen molar-refractivity contribution >= 4 is 5.91 Å². The number of carbonyl (C=O) groups excluding carboxylic acids is 1. The summed E-state index contributed by atoms with van der Waals surface area (Å²) in [6.45, 7) is 2.65. The average molecular weight is 264 g/mol. The molecule has 0 spiro atoms. The van der Waals surface area contributed by atoms with Crippen LogP contribution in [0.25, 0.3) is 0 Å². The highest BCUT2D eigenvalue weighted by Crippen LogP contribution is 2.05. The highest BCUT2D eigenvalue weighted by Gasteiger charge is 2.04. The predicted molar refractivity (Wildman–Crippen MR) is 78.4 cm³/mol. The molecule has 100 valence electrons. The molecule has 0 atom stereocenters. The fourth-order valence-electron chi connectivity index (χ4n) is 1.99. The zero-order chi connectivity index (χ0) is 14.4. The van der Waals surface area contributed by atoms with E-state index in [0.29, 0.717) is 17.7 Å². The number of amides is 1. The quantitative estimate of drug-likeness (QED) is 0.923. The summed E-state index contributed by atoms with van der Waals surface area (Å²) in [6, 6.07) is 16.9. The molecule has 0 aliphatic heterocycles. The van der Waals surface area contributed by atoms with Crippen molar-refractivity contribution < 1.29 is 4.79 Å². The van der Waals surface area contributed by atoms with Crippen LogP contribution in [-0.4, -0.2) is 12.5 Å². The molecule has 1 amide bonds. The van der Waals surface area contributed by atoms with E-state index in [4.69, 9.17) is 5.26 Å². The maximum Gasteiger partial charge on any atom is 0.251 e. The van der Waals surface area contributed by atoms with Crippen LogP contribution in [0.5, 0.6) is 0 Å². The molecule has 0 bridgehead atoms. The normalized spacial score (nSPS) is 9.80. The standard InChI is InChI=1S/C17H16N2O/c1-13-3-2-4-14(11-13)9-10-19-17(20)16-7-5-15(12-18)6-8-16/h2-8,11H,9-10H2,1H3,(H,19,20). The van der Waals surface area contributed by atoms with Gasteiger partial charge in [0.05, 0.1) is 11.6 Å². The highest BCUT2D eigenvalue weighted by atomic mass is 16.1. The monoisotopic (exact) mass is 264 g/mol. The van der Waals surface area contributed by atoms with Crippen molar-refractivity contribution in [1.29, 1.82) is 5.26 Å². The van der Waals surface area contributed by atoms with Gasteiger partial charge < -0.3 is 5.32 Å². The minimum absolute atomic E-state index is 0.109. The Balaban J connectivity index is 1.87. The summed E-state index contributed by atoms with van der Waals surface area (Å²) >= 11 is 0. The molecule has 0 fully saturated rings. The largest absolute Gasteiger partial charge is 0.352 e. The van der Waals surface area contributed by atoms with Gasteiger partial charge in [-0.05, 0) is 43.2 Å². The molecule has 0 radical (unpaired) electrons. The van der Waals surface area contributed by atoms with Crippen molar-refractivity contribution in [1.82, 2.24) is 5.32 Å². The van der Waals surface area contributed by atoms with Crippen molar-refractivity contribution in [2.24, 2.45) is 0 Å². The molecule has 0 saturated heterocycles. The van der Waals surface area contributed by atoms with Crippen LogP contribution >= 0.6 is 0 Å². The van der Waals surface area contributed by atoms with E-state index in [9.17, 15) is 4.79 Å². The van der Waals surface area contributed by atoms with Crippen LogP contribution in [0.15, 0.2) is 48.5 Å². The van der Waals surface area contributed by atoms with Crippen LogP contribution < -0.4 is 5.32 Å². The minimum Gasteiger partial charge on any atom is -0.352 e. The molecule has 0 aromatic heterocycles. The number of aryl methyl sites for hydroxylation is 1. The number of hydrogen-bond acceptors (Lipinski definition) is 2. The van der Waals surface area contributed by atoms with Crippen molar-refractivity contribution in [2.45, 2.75) is 13.3 Å².